The van der Waals surface area contributed by atoms with E-state index in [0.717, 1.165) is 0 Å². The fraction of sp³-hybridized carbons (Fsp3) is 0.200. The zero-order valence-electron chi connectivity index (χ0n) is 16.5. The number of nitrogens with one attached hydrogen (secondary N) is 1. The summed E-state index contributed by atoms with van der Waals surface area (Å²) in [4.78, 5) is 50.7. The number of hydrogen-bond acceptors (Lipinski definition) is 6. The molecule has 32 heavy (non-hydrogen) atoms. The first kappa shape index (κ1) is 24.1. The van der Waals surface area contributed by atoms with Gasteiger partial charge in [-0.3, -0.25) is 19.3 Å². The lowest BCUT2D eigenvalue weighted by molar-refractivity contribution is -0.150. The first-order valence-electron chi connectivity index (χ1n) is 8.92. The minimum Gasteiger partial charge on any atom is -0.497 e. The third-order valence-electron chi connectivity index (χ3n) is 4.56. The molecule has 1 aliphatic rings. The number of hydrogen-bond donors (Lipinski definition) is 1. The van der Waals surface area contributed by atoms with Crippen LogP contribution in [0.15, 0.2) is 24.3 Å². The molecular weight excluding hydrogens is 506 g/mol. The van der Waals surface area contributed by atoms with Crippen LogP contribution in [-0.2, 0) is 14.3 Å². The SMILES string of the molecule is COc1cccc(NC(=O)COC(=O)[C@H](C)N2C(=O)c3c(Cl)c(Cl)c(Cl)c(Cl)c3C2=O)c1. The molecule has 8 nitrogen and oxygen atoms in total. The normalized spacial score (nSPS) is 13.6. The van der Waals surface area contributed by atoms with Gasteiger partial charge in [-0.2, -0.15) is 0 Å². The Labute approximate surface area is 202 Å². The number of nitrogens with zero attached hydrogens (tertiary/aromatic N) is 1. The van der Waals surface area contributed by atoms with E-state index in [9.17, 15) is 19.2 Å². The van der Waals surface area contributed by atoms with E-state index in [2.05, 4.69) is 5.32 Å². The van der Waals surface area contributed by atoms with E-state index < -0.39 is 36.3 Å². The molecule has 0 saturated carbocycles. The van der Waals surface area contributed by atoms with Crippen LogP contribution >= 0.6 is 46.4 Å². The van der Waals surface area contributed by atoms with Crippen LogP contribution in [0.4, 0.5) is 5.69 Å². The molecule has 0 radical (unpaired) electrons. The van der Waals surface area contributed by atoms with Crippen molar-refractivity contribution in [3.63, 3.8) is 0 Å². The third-order valence-corrected chi connectivity index (χ3v) is 6.36. The van der Waals surface area contributed by atoms with Gasteiger partial charge in [0.05, 0.1) is 38.3 Å². The lowest BCUT2D eigenvalue weighted by Gasteiger charge is -2.20. The number of amides is 3. The lowest BCUT2D eigenvalue weighted by atomic mass is 10.1. The standard InChI is InChI=1S/C20H14Cl4N2O6/c1-8(20(30)32-7-11(27)25-9-4-3-5-10(6-9)31-2)26-18(28)12-13(19(26)29)15(22)17(24)16(23)14(12)21/h3-6,8H,7H2,1-2H3,(H,25,27)/t8-/m0/s1. The summed E-state index contributed by atoms with van der Waals surface area (Å²) in [7, 11) is 1.48. The number of anilines is 1. The number of esters is 1. The molecule has 0 aromatic heterocycles. The molecule has 0 bridgehead atoms. The molecule has 1 aliphatic heterocycles. The Bertz CT molecular complexity index is 1110. The van der Waals surface area contributed by atoms with Gasteiger partial charge in [-0.25, -0.2) is 4.79 Å². The van der Waals surface area contributed by atoms with Gasteiger partial charge in [-0.05, 0) is 19.1 Å². The van der Waals surface area contributed by atoms with Gasteiger partial charge in [0, 0.05) is 11.8 Å². The monoisotopic (exact) mass is 518 g/mol. The molecule has 0 aliphatic carbocycles. The van der Waals surface area contributed by atoms with Crippen LogP contribution in [0, 0.1) is 0 Å². The smallest absolute Gasteiger partial charge is 0.329 e. The van der Waals surface area contributed by atoms with Crippen molar-refractivity contribution in [1.82, 2.24) is 4.90 Å². The van der Waals surface area contributed by atoms with Crippen molar-refractivity contribution in [2.45, 2.75) is 13.0 Å². The summed E-state index contributed by atoms with van der Waals surface area (Å²) in [6.45, 7) is 0.609. The van der Waals surface area contributed by atoms with Crippen molar-refractivity contribution < 1.29 is 28.7 Å². The van der Waals surface area contributed by atoms with Crippen LogP contribution in [0.3, 0.4) is 0 Å². The molecule has 168 valence electrons. The second kappa shape index (κ2) is 9.54. The minimum atomic E-state index is -1.38. The number of carbonyl (C=O) groups excluding carboxylic acids is 4. The molecule has 1 heterocycles. The zero-order chi connectivity index (χ0) is 23.7. The Balaban J connectivity index is 1.70. The van der Waals surface area contributed by atoms with Crippen molar-refractivity contribution in [2.24, 2.45) is 0 Å². The van der Waals surface area contributed by atoms with Gasteiger partial charge in [0.15, 0.2) is 6.61 Å². The first-order valence-corrected chi connectivity index (χ1v) is 10.4. The van der Waals surface area contributed by atoms with Crippen molar-refractivity contribution in [2.75, 3.05) is 19.0 Å². The lowest BCUT2D eigenvalue weighted by Crippen LogP contribution is -2.44. The summed E-state index contributed by atoms with van der Waals surface area (Å²) in [5, 5.41) is 1.64. The Kier molecular flexibility index (Phi) is 7.19. The van der Waals surface area contributed by atoms with Gasteiger partial charge < -0.3 is 14.8 Å². The number of imide groups is 1. The van der Waals surface area contributed by atoms with Gasteiger partial charge >= 0.3 is 5.97 Å². The summed E-state index contributed by atoms with van der Waals surface area (Å²) in [6, 6.07) is 5.17. The predicted molar refractivity (Wildman–Crippen MR) is 119 cm³/mol. The van der Waals surface area contributed by atoms with Gasteiger partial charge in [0.2, 0.25) is 0 Å². The van der Waals surface area contributed by atoms with Gasteiger partial charge in [-0.15, -0.1) is 0 Å². The second-order valence-corrected chi connectivity index (χ2v) is 8.06. The Morgan fingerprint density at radius 3 is 2.09 bits per heavy atom. The van der Waals surface area contributed by atoms with E-state index in [1.165, 1.54) is 14.0 Å². The largest absolute Gasteiger partial charge is 0.497 e. The van der Waals surface area contributed by atoms with Gasteiger partial charge in [0.25, 0.3) is 17.7 Å². The van der Waals surface area contributed by atoms with E-state index in [1.807, 2.05) is 0 Å². The second-order valence-electron chi connectivity index (χ2n) is 6.55. The Morgan fingerprint density at radius 1 is 1.00 bits per heavy atom. The fourth-order valence-electron chi connectivity index (χ4n) is 2.98. The van der Waals surface area contributed by atoms with Gasteiger partial charge in [0.1, 0.15) is 11.8 Å². The highest BCUT2D eigenvalue weighted by Crippen LogP contribution is 2.45. The molecule has 0 unspecified atom stereocenters. The molecular formula is C20H14Cl4N2O6. The van der Waals surface area contributed by atoms with Crippen LogP contribution < -0.4 is 10.1 Å². The summed E-state index contributed by atoms with van der Waals surface area (Å²) in [5.41, 5.74) is -0.0881. The quantitative estimate of drug-likeness (QED) is 0.261. The highest BCUT2D eigenvalue weighted by atomic mass is 35.5. The van der Waals surface area contributed by atoms with Crippen LogP contribution in [0.2, 0.25) is 20.1 Å². The number of methoxy groups -OCH3 is 1. The highest BCUT2D eigenvalue weighted by Gasteiger charge is 2.45. The number of carbonyl (C=O) groups is 4. The predicted octanol–water partition coefficient (Wildman–Crippen LogP) is 4.48. The maximum atomic E-state index is 12.8. The number of rotatable bonds is 6. The zero-order valence-corrected chi connectivity index (χ0v) is 19.5. The molecule has 3 rings (SSSR count). The minimum absolute atomic E-state index is 0.190. The number of halogens is 4. The molecule has 0 spiro atoms. The summed E-state index contributed by atoms with van der Waals surface area (Å²) >= 11 is 24.1. The van der Waals surface area contributed by atoms with E-state index in [-0.39, 0.29) is 31.2 Å². The molecule has 2 aromatic rings. The van der Waals surface area contributed by atoms with E-state index in [0.29, 0.717) is 16.3 Å². The topological polar surface area (TPSA) is 102 Å². The van der Waals surface area contributed by atoms with Crippen LogP contribution in [0.1, 0.15) is 27.6 Å². The van der Waals surface area contributed by atoms with Crippen molar-refractivity contribution in [3.8, 4) is 5.75 Å². The van der Waals surface area contributed by atoms with Crippen molar-refractivity contribution in [3.05, 3.63) is 55.5 Å². The summed E-state index contributed by atoms with van der Waals surface area (Å²) < 4.78 is 10.0. The molecule has 0 saturated heterocycles. The number of fused-ring (bicyclic) bond motifs is 1. The molecule has 1 atom stereocenters. The van der Waals surface area contributed by atoms with Crippen molar-refractivity contribution in [1.29, 1.82) is 0 Å². The van der Waals surface area contributed by atoms with Crippen LogP contribution in [0.5, 0.6) is 5.75 Å². The average molecular weight is 520 g/mol. The van der Waals surface area contributed by atoms with E-state index in [4.69, 9.17) is 55.9 Å². The van der Waals surface area contributed by atoms with Crippen molar-refractivity contribution >= 4 is 75.8 Å². The molecule has 1 N–H and O–H groups in total. The van der Waals surface area contributed by atoms with E-state index >= 15 is 0 Å². The maximum Gasteiger partial charge on any atom is 0.329 e. The Morgan fingerprint density at radius 2 is 1.56 bits per heavy atom. The van der Waals surface area contributed by atoms with Crippen LogP contribution in [0.25, 0.3) is 0 Å². The van der Waals surface area contributed by atoms with Crippen LogP contribution in [-0.4, -0.2) is 48.3 Å². The molecule has 3 amide bonds. The average Bonchev–Trinajstić information content (AvgIpc) is 3.04. The Hall–Kier alpha value is -2.52. The summed E-state index contributed by atoms with van der Waals surface area (Å²) in [6.07, 6.45) is 0. The third kappa shape index (κ3) is 4.36. The van der Waals surface area contributed by atoms with Gasteiger partial charge in [-0.1, -0.05) is 52.5 Å². The highest BCUT2D eigenvalue weighted by molar-refractivity contribution is 6.55. The fourth-order valence-corrected chi connectivity index (χ4v) is 3.99. The number of benzene rings is 2. The molecule has 12 heteroatoms. The first-order chi connectivity index (χ1) is 15.1. The number of ether oxygens (including phenoxy) is 2. The molecule has 2 aromatic carbocycles. The maximum absolute atomic E-state index is 12.8. The molecule has 0 fully saturated rings. The summed E-state index contributed by atoms with van der Waals surface area (Å²) in [5.74, 6) is -2.88. The van der Waals surface area contributed by atoms with E-state index in [1.54, 1.807) is 24.3 Å².